The van der Waals surface area contributed by atoms with Crippen LogP contribution in [0.25, 0.3) is 10.9 Å². The number of hydrogen-bond acceptors (Lipinski definition) is 3. The molecule has 0 aliphatic heterocycles. The number of phenols is 1. The van der Waals surface area contributed by atoms with Crippen LogP contribution in [0.15, 0.2) is 36.4 Å². The molecule has 0 bridgehead atoms. The van der Waals surface area contributed by atoms with Crippen molar-refractivity contribution in [3.8, 4) is 5.75 Å². The van der Waals surface area contributed by atoms with Gasteiger partial charge in [0.1, 0.15) is 0 Å². The molecule has 0 saturated heterocycles. The average molecular weight is 418 g/mol. The zero-order valence-electron chi connectivity index (χ0n) is 16.2. The summed E-state index contributed by atoms with van der Waals surface area (Å²) in [5.41, 5.74) is 1.34. The number of aromatic hydroxyl groups is 1. The number of benzene rings is 2. The van der Waals surface area contributed by atoms with Gasteiger partial charge in [-0.2, -0.15) is 0 Å². The lowest BCUT2D eigenvalue weighted by molar-refractivity contribution is -0.140. The van der Waals surface area contributed by atoms with Crippen molar-refractivity contribution in [2.24, 2.45) is 5.92 Å². The van der Waals surface area contributed by atoms with Crippen LogP contribution in [0.4, 0.5) is 4.39 Å². The molecule has 0 radical (unpaired) electrons. The number of carbonyl (C=O) groups excluding carboxylic acids is 1. The minimum absolute atomic E-state index is 0.210. The maximum atomic E-state index is 14.2. The molecule has 7 heteroatoms. The maximum absolute atomic E-state index is 14.2. The summed E-state index contributed by atoms with van der Waals surface area (Å²) in [6.07, 6.45) is 0.599. The van der Waals surface area contributed by atoms with E-state index in [1.807, 2.05) is 13.8 Å². The molecule has 0 amide bonds. The zero-order valence-corrected chi connectivity index (χ0v) is 17.0. The molecule has 2 atom stereocenters. The molecule has 2 unspecified atom stereocenters. The Labute approximate surface area is 172 Å². The molecular weight excluding hydrogens is 397 g/mol. The molecule has 2 aromatic carbocycles. The summed E-state index contributed by atoms with van der Waals surface area (Å²) < 4.78 is 15.5. The fourth-order valence-corrected chi connectivity index (χ4v) is 3.84. The molecule has 29 heavy (non-hydrogen) atoms. The van der Waals surface area contributed by atoms with Crippen LogP contribution in [-0.2, 0) is 4.79 Å². The largest absolute Gasteiger partial charge is 0.505 e. The van der Waals surface area contributed by atoms with Crippen molar-refractivity contribution < 1.29 is 24.2 Å². The van der Waals surface area contributed by atoms with E-state index in [1.165, 1.54) is 10.6 Å². The predicted octanol–water partition coefficient (Wildman–Crippen LogP) is 5.35. The van der Waals surface area contributed by atoms with Crippen molar-refractivity contribution >= 4 is 34.4 Å². The van der Waals surface area contributed by atoms with Crippen LogP contribution in [0.5, 0.6) is 5.75 Å². The van der Waals surface area contributed by atoms with Gasteiger partial charge in [-0.15, -0.1) is 0 Å². The first-order valence-corrected chi connectivity index (χ1v) is 9.61. The van der Waals surface area contributed by atoms with E-state index in [9.17, 15) is 24.2 Å². The minimum atomic E-state index is -1.04. The van der Waals surface area contributed by atoms with Gasteiger partial charge in [-0.3, -0.25) is 14.2 Å². The molecular formula is C22H21ClFNO4. The van der Waals surface area contributed by atoms with Crippen molar-refractivity contribution in [1.82, 2.24) is 4.57 Å². The van der Waals surface area contributed by atoms with E-state index < -0.39 is 29.4 Å². The lowest BCUT2D eigenvalue weighted by Gasteiger charge is -2.20. The van der Waals surface area contributed by atoms with Crippen molar-refractivity contribution in [3.63, 3.8) is 0 Å². The van der Waals surface area contributed by atoms with Gasteiger partial charge < -0.3 is 10.2 Å². The summed E-state index contributed by atoms with van der Waals surface area (Å²) in [5, 5.41) is 20.6. The number of aliphatic carboxylic acids is 1. The number of carboxylic acid groups (broad SMARTS) is 1. The fraction of sp³-hybridized carbons (Fsp3) is 0.273. The smallest absolute Gasteiger partial charge is 0.311 e. The van der Waals surface area contributed by atoms with E-state index in [-0.39, 0.29) is 11.4 Å². The number of carbonyl (C=O) groups is 2. The maximum Gasteiger partial charge on any atom is 0.311 e. The molecule has 0 aliphatic rings. The summed E-state index contributed by atoms with van der Waals surface area (Å²) in [5.74, 6) is -4.10. The van der Waals surface area contributed by atoms with E-state index in [4.69, 9.17) is 11.6 Å². The first-order valence-electron chi connectivity index (χ1n) is 9.23. The van der Waals surface area contributed by atoms with Gasteiger partial charge in [0.25, 0.3) is 5.91 Å². The molecule has 5 nitrogen and oxygen atoms in total. The number of fused-ring (bicyclic) bond motifs is 1. The average Bonchev–Trinajstić information content (AvgIpc) is 2.93. The Bertz CT molecular complexity index is 1100. The number of carboxylic acids is 1. The van der Waals surface area contributed by atoms with Gasteiger partial charge in [0.15, 0.2) is 11.6 Å². The van der Waals surface area contributed by atoms with Gasteiger partial charge in [-0.1, -0.05) is 31.9 Å². The number of nitrogens with zero attached hydrogens (tertiary/aromatic N) is 1. The zero-order chi connectivity index (χ0) is 21.5. The van der Waals surface area contributed by atoms with E-state index in [0.29, 0.717) is 33.7 Å². The normalized spacial score (nSPS) is 13.4. The first-order chi connectivity index (χ1) is 13.7. The summed E-state index contributed by atoms with van der Waals surface area (Å²) in [6.45, 7) is 5.33. The van der Waals surface area contributed by atoms with E-state index in [2.05, 4.69) is 0 Å². The molecule has 2 N–H and O–H groups in total. The topological polar surface area (TPSA) is 79.5 Å². The molecule has 3 rings (SSSR count). The van der Waals surface area contributed by atoms with E-state index >= 15 is 0 Å². The van der Waals surface area contributed by atoms with Crippen LogP contribution in [-0.4, -0.2) is 26.7 Å². The Morgan fingerprint density at radius 2 is 1.83 bits per heavy atom. The number of hydrogen-bond donors (Lipinski definition) is 2. The SMILES string of the molecule is CCC(C)C(C(=O)O)c1c(C)n(C(=O)c2ccc(Cl)cc2)c2cc(F)c(O)cc12. The van der Waals surface area contributed by atoms with Gasteiger partial charge in [-0.25, -0.2) is 4.39 Å². The van der Waals surface area contributed by atoms with Crippen LogP contribution < -0.4 is 0 Å². The number of phenolic OH excluding ortho intramolecular Hbond substituents is 1. The molecule has 152 valence electrons. The van der Waals surface area contributed by atoms with Crippen molar-refractivity contribution in [1.29, 1.82) is 0 Å². The summed E-state index contributed by atoms with van der Waals surface area (Å²) in [7, 11) is 0. The van der Waals surface area contributed by atoms with Crippen LogP contribution in [0.3, 0.4) is 0 Å². The summed E-state index contributed by atoms with van der Waals surface area (Å²) in [4.78, 5) is 25.3. The molecule has 1 heterocycles. The third kappa shape index (κ3) is 3.60. The highest BCUT2D eigenvalue weighted by Crippen LogP contribution is 2.39. The van der Waals surface area contributed by atoms with Gasteiger partial charge in [0, 0.05) is 27.7 Å². The highest BCUT2D eigenvalue weighted by molar-refractivity contribution is 6.30. The Morgan fingerprint density at radius 1 is 1.21 bits per heavy atom. The van der Waals surface area contributed by atoms with Crippen molar-refractivity contribution in [2.45, 2.75) is 33.1 Å². The quantitative estimate of drug-likeness (QED) is 0.586. The van der Waals surface area contributed by atoms with Gasteiger partial charge >= 0.3 is 5.97 Å². The monoisotopic (exact) mass is 417 g/mol. The van der Waals surface area contributed by atoms with E-state index in [0.717, 1.165) is 6.07 Å². The number of halogens is 2. The van der Waals surface area contributed by atoms with E-state index in [1.54, 1.807) is 31.2 Å². The molecule has 0 fully saturated rings. The lowest BCUT2D eigenvalue weighted by Crippen LogP contribution is -2.21. The lowest BCUT2D eigenvalue weighted by atomic mass is 9.84. The first kappa shape index (κ1) is 20.9. The molecule has 0 aliphatic carbocycles. The summed E-state index contributed by atoms with van der Waals surface area (Å²) >= 11 is 5.90. The van der Waals surface area contributed by atoms with Crippen molar-refractivity contribution in [3.05, 3.63) is 64.1 Å². The van der Waals surface area contributed by atoms with Gasteiger partial charge in [0.2, 0.25) is 0 Å². The Balaban J connectivity index is 2.35. The Hall–Kier alpha value is -2.86. The standard InChI is InChI=1S/C22H21ClFNO4/c1-4-11(2)19(22(28)29)20-12(3)25(17-10-16(24)18(26)9-15(17)20)21(27)13-5-7-14(23)8-6-13/h5-11,19,26H,4H2,1-3H3,(H,28,29). The van der Waals surface area contributed by atoms with Gasteiger partial charge in [0.05, 0.1) is 11.4 Å². The van der Waals surface area contributed by atoms with Crippen molar-refractivity contribution in [2.75, 3.05) is 0 Å². The summed E-state index contributed by atoms with van der Waals surface area (Å²) in [6, 6.07) is 8.50. The molecule has 0 spiro atoms. The molecule has 1 aromatic heterocycles. The van der Waals surface area contributed by atoms with Crippen LogP contribution >= 0.6 is 11.6 Å². The number of aromatic nitrogens is 1. The Morgan fingerprint density at radius 3 is 2.38 bits per heavy atom. The highest BCUT2D eigenvalue weighted by Gasteiger charge is 2.33. The fourth-order valence-electron chi connectivity index (χ4n) is 3.71. The molecule has 3 aromatic rings. The second kappa shape index (κ2) is 7.87. The third-order valence-electron chi connectivity index (χ3n) is 5.41. The van der Waals surface area contributed by atoms with Crippen LogP contribution in [0.2, 0.25) is 5.02 Å². The Kier molecular flexibility index (Phi) is 5.66. The van der Waals surface area contributed by atoms with Gasteiger partial charge in [-0.05, 0) is 48.7 Å². The second-order valence-electron chi connectivity index (χ2n) is 7.17. The second-order valence-corrected chi connectivity index (χ2v) is 7.61. The highest BCUT2D eigenvalue weighted by atomic mass is 35.5. The molecule has 0 saturated carbocycles. The number of rotatable bonds is 5. The van der Waals surface area contributed by atoms with Crippen LogP contribution in [0, 0.1) is 18.7 Å². The third-order valence-corrected chi connectivity index (χ3v) is 5.66. The van der Waals surface area contributed by atoms with Crippen LogP contribution in [0.1, 0.15) is 47.8 Å². The minimum Gasteiger partial charge on any atom is -0.505 e. The predicted molar refractivity (Wildman–Crippen MR) is 109 cm³/mol.